The number of anilines is 1. The van der Waals surface area contributed by atoms with E-state index >= 15 is 0 Å². The van der Waals surface area contributed by atoms with Gasteiger partial charge in [-0.2, -0.15) is 0 Å². The second-order valence-corrected chi connectivity index (χ2v) is 3.93. The zero-order valence-corrected chi connectivity index (χ0v) is 8.40. The monoisotopic (exact) mass is 192 g/mol. The molecule has 2 rings (SSSR count). The Morgan fingerprint density at radius 2 is 2.36 bits per heavy atom. The van der Waals surface area contributed by atoms with Crippen LogP contribution in [-0.4, -0.2) is 22.6 Å². The normalized spacial score (nSPS) is 17.9. The molecule has 14 heavy (non-hydrogen) atoms. The molecule has 1 aliphatic rings. The lowest BCUT2D eigenvalue weighted by Crippen LogP contribution is -2.31. The van der Waals surface area contributed by atoms with Crippen molar-refractivity contribution in [1.82, 2.24) is 9.97 Å². The van der Waals surface area contributed by atoms with Crippen molar-refractivity contribution in [3.05, 3.63) is 18.1 Å². The molecule has 0 aromatic carbocycles. The molecule has 1 aromatic rings. The van der Waals surface area contributed by atoms with Crippen LogP contribution in [0, 0.1) is 12.8 Å². The molecule has 1 fully saturated rings. The van der Waals surface area contributed by atoms with Crippen molar-refractivity contribution in [3.63, 3.8) is 0 Å². The van der Waals surface area contributed by atoms with Crippen molar-refractivity contribution < 1.29 is 0 Å². The average molecular weight is 192 g/mol. The van der Waals surface area contributed by atoms with Crippen LogP contribution < -0.4 is 11.1 Å². The molecule has 1 atom stereocenters. The highest BCUT2D eigenvalue weighted by atomic mass is 15.0. The lowest BCUT2D eigenvalue weighted by Gasteiger charge is -2.11. The van der Waals surface area contributed by atoms with Crippen LogP contribution in [-0.2, 0) is 0 Å². The molecule has 0 aliphatic heterocycles. The van der Waals surface area contributed by atoms with E-state index in [9.17, 15) is 0 Å². The van der Waals surface area contributed by atoms with E-state index in [0.717, 1.165) is 24.0 Å². The number of nitrogens with one attached hydrogen (secondary N) is 1. The summed E-state index contributed by atoms with van der Waals surface area (Å²) in [5.74, 6) is 1.60. The zero-order chi connectivity index (χ0) is 9.97. The van der Waals surface area contributed by atoms with Crippen LogP contribution >= 0.6 is 0 Å². The lowest BCUT2D eigenvalue weighted by molar-refractivity contribution is 0.620. The minimum Gasteiger partial charge on any atom is -0.368 e. The molecular weight excluding hydrogens is 176 g/mol. The van der Waals surface area contributed by atoms with Crippen molar-refractivity contribution in [2.75, 3.05) is 11.9 Å². The Kier molecular flexibility index (Phi) is 2.63. The topological polar surface area (TPSA) is 63.8 Å². The maximum Gasteiger partial charge on any atom is 0.129 e. The Balaban J connectivity index is 1.84. The summed E-state index contributed by atoms with van der Waals surface area (Å²) in [5, 5.41) is 3.23. The van der Waals surface area contributed by atoms with Crippen LogP contribution in [0.1, 0.15) is 18.5 Å². The van der Waals surface area contributed by atoms with Gasteiger partial charge in [-0.05, 0) is 25.7 Å². The van der Waals surface area contributed by atoms with Crippen LogP contribution in [0.5, 0.6) is 0 Å². The number of nitrogens with zero attached hydrogens (tertiary/aromatic N) is 2. The van der Waals surface area contributed by atoms with Crippen LogP contribution in [0.2, 0.25) is 0 Å². The van der Waals surface area contributed by atoms with E-state index in [0.29, 0.717) is 0 Å². The van der Waals surface area contributed by atoms with Crippen molar-refractivity contribution in [2.45, 2.75) is 25.8 Å². The quantitative estimate of drug-likeness (QED) is 0.745. The van der Waals surface area contributed by atoms with Crippen molar-refractivity contribution in [2.24, 2.45) is 11.7 Å². The molecule has 0 spiro atoms. The molecule has 76 valence electrons. The number of aromatic nitrogens is 2. The summed E-state index contributed by atoms with van der Waals surface area (Å²) in [4.78, 5) is 8.15. The number of aryl methyl sites for hydroxylation is 1. The second-order valence-electron chi connectivity index (χ2n) is 3.93. The molecule has 0 radical (unpaired) electrons. The van der Waals surface area contributed by atoms with Gasteiger partial charge >= 0.3 is 0 Å². The van der Waals surface area contributed by atoms with E-state index in [4.69, 9.17) is 5.73 Å². The predicted octanol–water partition coefficient (Wildman–Crippen LogP) is 0.934. The van der Waals surface area contributed by atoms with Gasteiger partial charge in [-0.15, -0.1) is 0 Å². The minimum atomic E-state index is 0.269. The average Bonchev–Trinajstić information content (AvgIpc) is 2.97. The van der Waals surface area contributed by atoms with Gasteiger partial charge in [0.1, 0.15) is 12.1 Å². The van der Waals surface area contributed by atoms with Gasteiger partial charge < -0.3 is 11.1 Å². The summed E-state index contributed by atoms with van der Waals surface area (Å²) in [6.07, 6.45) is 4.14. The maximum absolute atomic E-state index is 5.96. The zero-order valence-electron chi connectivity index (χ0n) is 8.40. The Bertz CT molecular complexity index is 309. The molecule has 4 heteroatoms. The molecule has 1 unspecified atom stereocenters. The third-order valence-corrected chi connectivity index (χ3v) is 2.55. The largest absolute Gasteiger partial charge is 0.368 e. The Morgan fingerprint density at radius 3 is 3.00 bits per heavy atom. The Hall–Kier alpha value is -1.16. The number of rotatable bonds is 4. The van der Waals surface area contributed by atoms with E-state index in [2.05, 4.69) is 15.3 Å². The van der Waals surface area contributed by atoms with Crippen LogP contribution in [0.25, 0.3) is 0 Å². The highest BCUT2D eigenvalue weighted by Gasteiger charge is 2.27. The number of hydrogen-bond donors (Lipinski definition) is 2. The highest BCUT2D eigenvalue weighted by Crippen LogP contribution is 2.31. The summed E-state index contributed by atoms with van der Waals surface area (Å²) in [5.41, 5.74) is 6.93. The number of nitrogens with two attached hydrogens (primary N) is 1. The molecule has 3 N–H and O–H groups in total. The fraction of sp³-hybridized carbons (Fsp3) is 0.600. The van der Waals surface area contributed by atoms with E-state index in [1.807, 2.05) is 13.0 Å². The second kappa shape index (κ2) is 3.92. The van der Waals surface area contributed by atoms with Crippen molar-refractivity contribution >= 4 is 5.82 Å². The van der Waals surface area contributed by atoms with Crippen LogP contribution in [0.15, 0.2) is 12.4 Å². The van der Waals surface area contributed by atoms with Crippen molar-refractivity contribution in [1.29, 1.82) is 0 Å². The van der Waals surface area contributed by atoms with Crippen LogP contribution in [0.3, 0.4) is 0 Å². The minimum absolute atomic E-state index is 0.269. The van der Waals surface area contributed by atoms with Gasteiger partial charge in [0.25, 0.3) is 0 Å². The molecule has 0 bridgehead atoms. The fourth-order valence-electron chi connectivity index (χ4n) is 1.46. The first-order valence-electron chi connectivity index (χ1n) is 5.04. The summed E-state index contributed by atoms with van der Waals surface area (Å²) in [6.45, 7) is 2.76. The number of hydrogen-bond acceptors (Lipinski definition) is 4. The van der Waals surface area contributed by atoms with Crippen LogP contribution in [0.4, 0.5) is 5.82 Å². The first-order valence-corrected chi connectivity index (χ1v) is 5.04. The molecule has 1 aromatic heterocycles. The summed E-state index contributed by atoms with van der Waals surface area (Å²) >= 11 is 0. The van der Waals surface area contributed by atoms with E-state index in [-0.39, 0.29) is 6.04 Å². The Morgan fingerprint density at radius 1 is 1.57 bits per heavy atom. The third-order valence-electron chi connectivity index (χ3n) is 2.55. The van der Waals surface area contributed by atoms with E-state index in [1.165, 1.54) is 12.8 Å². The van der Waals surface area contributed by atoms with E-state index in [1.54, 1.807) is 6.33 Å². The Labute approximate surface area is 83.9 Å². The van der Waals surface area contributed by atoms with Gasteiger partial charge in [-0.1, -0.05) is 0 Å². The fourth-order valence-corrected chi connectivity index (χ4v) is 1.46. The molecule has 0 amide bonds. The molecule has 1 heterocycles. The standard InChI is InChI=1S/C10H16N4/c1-7-4-10(14-6-13-7)12-5-9(11)8-2-3-8/h4,6,8-9H,2-3,5,11H2,1H3,(H,12,13,14). The van der Waals surface area contributed by atoms with Gasteiger partial charge in [0.15, 0.2) is 0 Å². The van der Waals surface area contributed by atoms with E-state index < -0.39 is 0 Å². The third kappa shape index (κ3) is 2.42. The van der Waals surface area contributed by atoms with Crippen molar-refractivity contribution in [3.8, 4) is 0 Å². The maximum atomic E-state index is 5.96. The first-order chi connectivity index (χ1) is 6.75. The lowest BCUT2D eigenvalue weighted by atomic mass is 10.2. The summed E-state index contributed by atoms with van der Waals surface area (Å²) in [6, 6.07) is 2.20. The molecule has 1 aliphatic carbocycles. The molecule has 1 saturated carbocycles. The molecule has 0 saturated heterocycles. The summed E-state index contributed by atoms with van der Waals surface area (Å²) < 4.78 is 0. The van der Waals surface area contributed by atoms with Gasteiger partial charge in [0.05, 0.1) is 0 Å². The van der Waals surface area contributed by atoms with Gasteiger partial charge in [-0.25, -0.2) is 9.97 Å². The highest BCUT2D eigenvalue weighted by molar-refractivity contribution is 5.34. The molecular formula is C10H16N4. The van der Waals surface area contributed by atoms with Gasteiger partial charge in [0, 0.05) is 24.3 Å². The SMILES string of the molecule is Cc1cc(NCC(N)C2CC2)ncn1. The summed E-state index contributed by atoms with van der Waals surface area (Å²) in [7, 11) is 0. The van der Waals surface area contributed by atoms with Gasteiger partial charge in [0.2, 0.25) is 0 Å². The first kappa shape index (κ1) is 9.40. The van der Waals surface area contributed by atoms with Gasteiger partial charge in [-0.3, -0.25) is 0 Å². The molecule has 4 nitrogen and oxygen atoms in total. The smallest absolute Gasteiger partial charge is 0.129 e. The predicted molar refractivity (Wildman–Crippen MR) is 56.0 cm³/mol.